The minimum atomic E-state index is -1.25. The molecule has 0 saturated heterocycles. The number of hydrogen-bond acceptors (Lipinski definition) is 5. The van der Waals surface area contributed by atoms with Crippen molar-refractivity contribution in [2.45, 2.75) is 13.0 Å². The normalized spacial score (nSPS) is 11.7. The second-order valence-electron chi connectivity index (χ2n) is 7.47. The van der Waals surface area contributed by atoms with Gasteiger partial charge in [-0.15, -0.1) is 0 Å². The van der Waals surface area contributed by atoms with E-state index in [-0.39, 0.29) is 11.3 Å². The van der Waals surface area contributed by atoms with Crippen molar-refractivity contribution >= 4 is 39.9 Å². The molecular formula is C25H20ClN3O4. The number of anilines is 1. The van der Waals surface area contributed by atoms with E-state index >= 15 is 0 Å². The molecule has 0 bridgehead atoms. The summed E-state index contributed by atoms with van der Waals surface area (Å²) in [5.41, 5.74) is 1.43. The van der Waals surface area contributed by atoms with Gasteiger partial charge in [-0.3, -0.25) is 9.59 Å². The summed E-state index contributed by atoms with van der Waals surface area (Å²) in [6.45, 7) is 1.85. The van der Waals surface area contributed by atoms with E-state index in [4.69, 9.17) is 16.3 Å². The fourth-order valence-electron chi connectivity index (χ4n) is 3.39. The molecule has 1 unspecified atom stereocenters. The molecule has 4 aromatic rings. The SMILES string of the molecule is Cc1ccc(NC(=O)C(OC(=O)c2nn(C)c(=O)c3ccccc23)c2ccccc2)cc1Cl. The number of amides is 1. The summed E-state index contributed by atoms with van der Waals surface area (Å²) in [4.78, 5) is 38.7. The predicted octanol–water partition coefficient (Wildman–Crippen LogP) is 4.43. The Morgan fingerprint density at radius 3 is 2.36 bits per heavy atom. The van der Waals surface area contributed by atoms with Crippen LogP contribution in [0.15, 0.2) is 77.6 Å². The largest absolute Gasteiger partial charge is 0.442 e. The van der Waals surface area contributed by atoms with E-state index in [1.807, 2.05) is 6.92 Å². The van der Waals surface area contributed by atoms with E-state index in [0.717, 1.165) is 10.2 Å². The second kappa shape index (κ2) is 9.26. The van der Waals surface area contributed by atoms with Crippen LogP contribution in [0.25, 0.3) is 10.8 Å². The van der Waals surface area contributed by atoms with Crippen molar-refractivity contribution in [1.82, 2.24) is 9.78 Å². The maximum absolute atomic E-state index is 13.2. The number of esters is 1. The van der Waals surface area contributed by atoms with E-state index < -0.39 is 18.0 Å². The van der Waals surface area contributed by atoms with E-state index in [9.17, 15) is 14.4 Å². The summed E-state index contributed by atoms with van der Waals surface area (Å²) in [6.07, 6.45) is -1.25. The van der Waals surface area contributed by atoms with Gasteiger partial charge in [-0.2, -0.15) is 5.10 Å². The van der Waals surface area contributed by atoms with Gasteiger partial charge >= 0.3 is 5.97 Å². The Hall–Kier alpha value is -3.97. The van der Waals surface area contributed by atoms with Crippen molar-refractivity contribution in [3.8, 4) is 0 Å². The van der Waals surface area contributed by atoms with E-state index in [1.54, 1.807) is 72.8 Å². The summed E-state index contributed by atoms with van der Waals surface area (Å²) >= 11 is 6.17. The number of benzene rings is 3. The van der Waals surface area contributed by atoms with Gasteiger partial charge in [0.1, 0.15) is 0 Å². The van der Waals surface area contributed by atoms with Gasteiger partial charge in [0.25, 0.3) is 11.5 Å². The number of fused-ring (bicyclic) bond motifs is 1. The highest BCUT2D eigenvalue weighted by Crippen LogP contribution is 2.25. The van der Waals surface area contributed by atoms with Crippen LogP contribution in [0, 0.1) is 6.92 Å². The first-order valence-electron chi connectivity index (χ1n) is 10.1. The third-order valence-corrected chi connectivity index (χ3v) is 5.56. The third-order valence-electron chi connectivity index (χ3n) is 5.15. The lowest BCUT2D eigenvalue weighted by molar-refractivity contribution is -0.125. The summed E-state index contributed by atoms with van der Waals surface area (Å²) in [6, 6.07) is 20.4. The fraction of sp³-hybridized carbons (Fsp3) is 0.120. The molecule has 0 aliphatic carbocycles. The molecule has 0 spiro atoms. The number of aromatic nitrogens is 2. The zero-order chi connectivity index (χ0) is 23.5. The number of halogens is 1. The molecule has 1 aromatic heterocycles. The van der Waals surface area contributed by atoms with Crippen molar-refractivity contribution < 1.29 is 14.3 Å². The van der Waals surface area contributed by atoms with Gasteiger partial charge in [0.2, 0.25) is 6.10 Å². The van der Waals surface area contributed by atoms with Crippen LogP contribution in [0.4, 0.5) is 5.69 Å². The highest BCUT2D eigenvalue weighted by Gasteiger charge is 2.28. The van der Waals surface area contributed by atoms with Gasteiger partial charge in [0.05, 0.1) is 5.39 Å². The number of carbonyl (C=O) groups excluding carboxylic acids is 2. The van der Waals surface area contributed by atoms with Crippen molar-refractivity contribution in [3.05, 3.63) is 105 Å². The number of nitrogens with one attached hydrogen (secondary N) is 1. The Morgan fingerprint density at radius 1 is 1.00 bits per heavy atom. The third kappa shape index (κ3) is 4.63. The molecule has 3 aromatic carbocycles. The molecule has 7 nitrogen and oxygen atoms in total. The molecule has 1 amide bonds. The zero-order valence-corrected chi connectivity index (χ0v) is 18.7. The van der Waals surface area contributed by atoms with E-state index in [0.29, 0.717) is 27.0 Å². The Labute approximate surface area is 194 Å². The Bertz CT molecular complexity index is 1420. The van der Waals surface area contributed by atoms with Crippen LogP contribution in [0.1, 0.15) is 27.7 Å². The minimum Gasteiger partial charge on any atom is -0.442 e. The number of aryl methyl sites for hydroxylation is 2. The van der Waals surface area contributed by atoms with Gasteiger partial charge < -0.3 is 10.1 Å². The van der Waals surface area contributed by atoms with Crippen LogP contribution >= 0.6 is 11.6 Å². The first-order valence-corrected chi connectivity index (χ1v) is 10.5. The molecule has 166 valence electrons. The second-order valence-corrected chi connectivity index (χ2v) is 7.88. The average Bonchev–Trinajstić information content (AvgIpc) is 2.82. The Balaban J connectivity index is 1.69. The summed E-state index contributed by atoms with van der Waals surface area (Å²) in [5, 5.41) is 8.02. The minimum absolute atomic E-state index is 0.0557. The molecule has 0 aliphatic heterocycles. The molecule has 0 aliphatic rings. The number of rotatable bonds is 5. The van der Waals surface area contributed by atoms with Gasteiger partial charge in [-0.05, 0) is 30.7 Å². The standard InChI is InChI=1S/C25H20ClN3O4/c1-15-12-13-17(14-20(15)26)27-23(30)22(16-8-4-3-5-9-16)33-25(32)21-18-10-6-7-11-19(18)24(31)29(2)28-21/h3-14,22H,1-2H3,(H,27,30). The van der Waals surface area contributed by atoms with Crippen molar-refractivity contribution in [3.63, 3.8) is 0 Å². The van der Waals surface area contributed by atoms with Crippen molar-refractivity contribution in [2.24, 2.45) is 7.05 Å². The summed E-state index contributed by atoms with van der Waals surface area (Å²) in [7, 11) is 1.45. The van der Waals surface area contributed by atoms with Crippen LogP contribution in [-0.2, 0) is 16.6 Å². The average molecular weight is 462 g/mol. The Morgan fingerprint density at radius 2 is 1.67 bits per heavy atom. The molecular weight excluding hydrogens is 442 g/mol. The van der Waals surface area contributed by atoms with Gasteiger partial charge in [0.15, 0.2) is 5.69 Å². The fourth-order valence-corrected chi connectivity index (χ4v) is 3.57. The molecule has 0 radical (unpaired) electrons. The monoisotopic (exact) mass is 461 g/mol. The maximum atomic E-state index is 13.2. The van der Waals surface area contributed by atoms with Gasteiger partial charge in [-0.1, -0.05) is 66.2 Å². The topological polar surface area (TPSA) is 90.3 Å². The van der Waals surface area contributed by atoms with E-state index in [1.165, 1.54) is 7.05 Å². The molecule has 0 fully saturated rings. The molecule has 8 heteroatoms. The lowest BCUT2D eigenvalue weighted by Crippen LogP contribution is -2.28. The molecule has 1 atom stereocenters. The quantitative estimate of drug-likeness (QED) is 0.444. The first kappa shape index (κ1) is 22.2. The van der Waals surface area contributed by atoms with Crippen LogP contribution < -0.4 is 10.9 Å². The lowest BCUT2D eigenvalue weighted by Gasteiger charge is -2.19. The van der Waals surface area contributed by atoms with Gasteiger partial charge in [0, 0.05) is 28.7 Å². The zero-order valence-electron chi connectivity index (χ0n) is 17.9. The number of nitrogens with zero attached hydrogens (tertiary/aromatic N) is 2. The van der Waals surface area contributed by atoms with Crippen molar-refractivity contribution in [2.75, 3.05) is 5.32 Å². The highest BCUT2D eigenvalue weighted by molar-refractivity contribution is 6.31. The van der Waals surface area contributed by atoms with E-state index in [2.05, 4.69) is 10.4 Å². The summed E-state index contributed by atoms with van der Waals surface area (Å²) in [5.74, 6) is -1.38. The van der Waals surface area contributed by atoms with Crippen LogP contribution in [0.2, 0.25) is 5.02 Å². The molecule has 1 N–H and O–H groups in total. The van der Waals surface area contributed by atoms with Crippen LogP contribution in [0.5, 0.6) is 0 Å². The lowest BCUT2D eigenvalue weighted by atomic mass is 10.1. The molecule has 1 heterocycles. The predicted molar refractivity (Wildman–Crippen MR) is 126 cm³/mol. The molecule has 4 rings (SSSR count). The number of carbonyl (C=O) groups is 2. The maximum Gasteiger partial charge on any atom is 0.360 e. The Kier molecular flexibility index (Phi) is 6.24. The summed E-state index contributed by atoms with van der Waals surface area (Å²) < 4.78 is 6.73. The van der Waals surface area contributed by atoms with Crippen LogP contribution in [0.3, 0.4) is 0 Å². The van der Waals surface area contributed by atoms with Crippen molar-refractivity contribution in [1.29, 1.82) is 0 Å². The number of hydrogen-bond donors (Lipinski definition) is 1. The molecule has 0 saturated carbocycles. The first-order chi connectivity index (χ1) is 15.8. The molecule has 33 heavy (non-hydrogen) atoms. The highest BCUT2D eigenvalue weighted by atomic mass is 35.5. The van der Waals surface area contributed by atoms with Crippen LogP contribution in [-0.4, -0.2) is 21.7 Å². The smallest absolute Gasteiger partial charge is 0.360 e. The number of ether oxygens (including phenoxy) is 1. The van der Waals surface area contributed by atoms with Gasteiger partial charge in [-0.25, -0.2) is 9.48 Å².